The number of carbonyl (C=O) groups excluding carboxylic acids is 1. The van der Waals surface area contributed by atoms with E-state index < -0.39 is 0 Å². The van der Waals surface area contributed by atoms with Gasteiger partial charge < -0.3 is 10.1 Å². The highest BCUT2D eigenvalue weighted by atomic mass is 32.1. The number of anilines is 1. The Labute approximate surface area is 192 Å². The third-order valence-electron chi connectivity index (χ3n) is 6.60. The molecule has 2 aliphatic rings. The Hall–Kier alpha value is -2.55. The van der Waals surface area contributed by atoms with Crippen LogP contribution in [0.1, 0.15) is 51.1 Å². The van der Waals surface area contributed by atoms with Gasteiger partial charge in [0.2, 0.25) is 0 Å². The van der Waals surface area contributed by atoms with Crippen LogP contribution in [-0.4, -0.2) is 45.3 Å². The number of amides is 1. The van der Waals surface area contributed by atoms with Gasteiger partial charge in [-0.05, 0) is 42.5 Å². The number of thiophene rings is 1. The highest BCUT2D eigenvalue weighted by molar-refractivity contribution is 7.12. The zero-order valence-corrected chi connectivity index (χ0v) is 19.5. The molecule has 8 heteroatoms. The van der Waals surface area contributed by atoms with E-state index in [1.807, 2.05) is 23.6 Å². The molecule has 0 saturated carbocycles. The molecule has 5 rings (SSSR count). The minimum Gasteiger partial charge on any atom is -0.370 e. The normalized spacial score (nSPS) is 17.9. The molecule has 0 atom stereocenters. The Kier molecular flexibility index (Phi) is 5.84. The predicted molar refractivity (Wildman–Crippen MR) is 125 cm³/mol. The number of fused-ring (bicyclic) bond motifs is 2. The molecule has 168 valence electrons. The standard InChI is InChI=1S/C24H29N5O2S/c1-3-18-14-19-21(32-18)7-13-31-24(19)8-11-29(12-9-24)16-17-4-5-20(25-15-17)23(30)27-22-6-10-26-28(22)2/h4-6,10,14-15H,3,7-9,11-13,16H2,1-2H3,(H,27,30). The molecule has 1 saturated heterocycles. The van der Waals surface area contributed by atoms with Gasteiger partial charge in [0.1, 0.15) is 11.5 Å². The van der Waals surface area contributed by atoms with Crippen LogP contribution < -0.4 is 5.32 Å². The van der Waals surface area contributed by atoms with Gasteiger partial charge in [-0.15, -0.1) is 11.3 Å². The zero-order valence-electron chi connectivity index (χ0n) is 18.6. The number of hydrogen-bond donors (Lipinski definition) is 1. The smallest absolute Gasteiger partial charge is 0.275 e. The molecule has 1 spiro atoms. The van der Waals surface area contributed by atoms with E-state index in [0.29, 0.717) is 11.5 Å². The molecular formula is C24H29N5O2S. The van der Waals surface area contributed by atoms with E-state index in [9.17, 15) is 4.79 Å². The van der Waals surface area contributed by atoms with E-state index >= 15 is 0 Å². The molecule has 1 amide bonds. The summed E-state index contributed by atoms with van der Waals surface area (Å²) in [6.45, 7) is 5.90. The average molecular weight is 452 g/mol. The van der Waals surface area contributed by atoms with E-state index in [-0.39, 0.29) is 11.5 Å². The second-order valence-electron chi connectivity index (χ2n) is 8.62. The Balaban J connectivity index is 1.19. The number of aryl methyl sites for hydroxylation is 2. The number of hydrogen-bond acceptors (Lipinski definition) is 6. The van der Waals surface area contributed by atoms with Gasteiger partial charge in [0, 0.05) is 55.1 Å². The van der Waals surface area contributed by atoms with Crippen molar-refractivity contribution in [1.82, 2.24) is 19.7 Å². The first kappa shape index (κ1) is 21.3. The van der Waals surface area contributed by atoms with Crippen LogP contribution in [0.5, 0.6) is 0 Å². The largest absolute Gasteiger partial charge is 0.370 e. The Morgan fingerprint density at radius 1 is 1.28 bits per heavy atom. The molecule has 0 radical (unpaired) electrons. The summed E-state index contributed by atoms with van der Waals surface area (Å²) in [6.07, 6.45) is 7.66. The van der Waals surface area contributed by atoms with Crippen molar-refractivity contribution >= 4 is 23.1 Å². The van der Waals surface area contributed by atoms with Crippen LogP contribution in [0.4, 0.5) is 5.82 Å². The summed E-state index contributed by atoms with van der Waals surface area (Å²) in [7, 11) is 1.79. The third-order valence-corrected chi connectivity index (χ3v) is 7.94. The predicted octanol–water partition coefficient (Wildman–Crippen LogP) is 3.76. The number of aromatic nitrogens is 3. The summed E-state index contributed by atoms with van der Waals surface area (Å²) in [5.41, 5.74) is 2.88. The molecule has 1 N–H and O–H groups in total. The summed E-state index contributed by atoms with van der Waals surface area (Å²) >= 11 is 1.97. The van der Waals surface area contributed by atoms with Crippen LogP contribution >= 0.6 is 11.3 Å². The van der Waals surface area contributed by atoms with Crippen molar-refractivity contribution in [2.24, 2.45) is 7.05 Å². The van der Waals surface area contributed by atoms with Gasteiger partial charge in [-0.25, -0.2) is 0 Å². The van der Waals surface area contributed by atoms with Crippen LogP contribution in [0.15, 0.2) is 36.7 Å². The highest BCUT2D eigenvalue weighted by Crippen LogP contribution is 2.44. The number of nitrogens with one attached hydrogen (secondary N) is 1. The molecule has 7 nitrogen and oxygen atoms in total. The number of pyridine rings is 1. The molecule has 0 aliphatic carbocycles. The summed E-state index contributed by atoms with van der Waals surface area (Å²) in [5, 5.41) is 6.89. The molecule has 32 heavy (non-hydrogen) atoms. The van der Waals surface area contributed by atoms with Crippen molar-refractivity contribution in [3.05, 3.63) is 63.2 Å². The number of likely N-dealkylation sites (tertiary alicyclic amines) is 1. The topological polar surface area (TPSA) is 72.3 Å². The van der Waals surface area contributed by atoms with Crippen LogP contribution in [0.2, 0.25) is 0 Å². The van der Waals surface area contributed by atoms with Gasteiger partial charge in [-0.3, -0.25) is 19.4 Å². The molecule has 3 aromatic rings. The van der Waals surface area contributed by atoms with Gasteiger partial charge >= 0.3 is 0 Å². The number of ether oxygens (including phenoxy) is 1. The fourth-order valence-electron chi connectivity index (χ4n) is 4.72. The van der Waals surface area contributed by atoms with Crippen molar-refractivity contribution < 1.29 is 9.53 Å². The summed E-state index contributed by atoms with van der Waals surface area (Å²) in [6, 6.07) is 7.94. The lowest BCUT2D eigenvalue weighted by Gasteiger charge is -2.44. The van der Waals surface area contributed by atoms with Crippen molar-refractivity contribution in [3.63, 3.8) is 0 Å². The van der Waals surface area contributed by atoms with Crippen molar-refractivity contribution in [1.29, 1.82) is 0 Å². The van der Waals surface area contributed by atoms with Gasteiger partial charge in [-0.2, -0.15) is 5.10 Å². The van der Waals surface area contributed by atoms with Gasteiger partial charge in [0.15, 0.2) is 0 Å². The Bertz CT molecular complexity index is 1100. The SMILES string of the molecule is CCc1cc2c(s1)CCOC21CCN(Cc2ccc(C(=O)Nc3ccnn3C)nc2)CC1. The molecule has 1 fully saturated rings. The van der Waals surface area contributed by atoms with Crippen molar-refractivity contribution in [2.45, 2.75) is 44.8 Å². The fourth-order valence-corrected chi connectivity index (χ4v) is 5.90. The lowest BCUT2D eigenvalue weighted by atomic mass is 9.82. The quantitative estimate of drug-likeness (QED) is 0.640. The molecule has 5 heterocycles. The molecule has 0 aromatic carbocycles. The lowest BCUT2D eigenvalue weighted by molar-refractivity contribution is -0.0981. The first-order valence-corrected chi connectivity index (χ1v) is 12.1. The molecule has 0 unspecified atom stereocenters. The first-order valence-electron chi connectivity index (χ1n) is 11.3. The van der Waals surface area contributed by atoms with Crippen LogP contribution in [0.25, 0.3) is 0 Å². The van der Waals surface area contributed by atoms with Gasteiger partial charge in [-0.1, -0.05) is 13.0 Å². The summed E-state index contributed by atoms with van der Waals surface area (Å²) in [4.78, 5) is 22.3. The average Bonchev–Trinajstić information content (AvgIpc) is 3.43. The lowest BCUT2D eigenvalue weighted by Crippen LogP contribution is -2.45. The second kappa shape index (κ2) is 8.77. The first-order chi connectivity index (χ1) is 15.6. The number of carbonyl (C=O) groups is 1. The van der Waals surface area contributed by atoms with E-state index in [0.717, 1.165) is 57.5 Å². The minimum absolute atomic E-state index is 0.0972. The maximum Gasteiger partial charge on any atom is 0.275 e. The van der Waals surface area contributed by atoms with E-state index in [4.69, 9.17) is 4.74 Å². The molecular weight excluding hydrogens is 422 g/mol. The fraction of sp³-hybridized carbons (Fsp3) is 0.458. The molecule has 2 aliphatic heterocycles. The Morgan fingerprint density at radius 3 is 2.81 bits per heavy atom. The van der Waals surface area contributed by atoms with Gasteiger partial charge in [0.25, 0.3) is 5.91 Å². The third kappa shape index (κ3) is 4.10. The second-order valence-corrected chi connectivity index (χ2v) is 9.84. The van der Waals surface area contributed by atoms with Crippen LogP contribution in [0, 0.1) is 0 Å². The monoisotopic (exact) mass is 451 g/mol. The summed E-state index contributed by atoms with van der Waals surface area (Å²) < 4.78 is 8.02. The minimum atomic E-state index is -0.229. The van der Waals surface area contributed by atoms with Gasteiger partial charge in [0.05, 0.1) is 18.4 Å². The Morgan fingerprint density at radius 2 is 2.12 bits per heavy atom. The zero-order chi connectivity index (χ0) is 22.1. The maximum atomic E-state index is 12.4. The molecule has 0 bridgehead atoms. The van der Waals surface area contributed by atoms with E-state index in [1.165, 1.54) is 15.3 Å². The number of rotatable bonds is 5. The number of nitrogens with zero attached hydrogens (tertiary/aromatic N) is 4. The van der Waals surface area contributed by atoms with E-state index in [2.05, 4.69) is 33.3 Å². The molecule has 3 aromatic heterocycles. The maximum absolute atomic E-state index is 12.4. The summed E-state index contributed by atoms with van der Waals surface area (Å²) in [5.74, 6) is 0.417. The van der Waals surface area contributed by atoms with E-state index in [1.54, 1.807) is 30.1 Å². The van der Waals surface area contributed by atoms with Crippen LogP contribution in [-0.2, 0) is 36.8 Å². The van der Waals surface area contributed by atoms with Crippen molar-refractivity contribution in [2.75, 3.05) is 25.0 Å². The highest BCUT2D eigenvalue weighted by Gasteiger charge is 2.41. The number of piperidine rings is 1. The van der Waals surface area contributed by atoms with Crippen LogP contribution in [0.3, 0.4) is 0 Å². The van der Waals surface area contributed by atoms with Crippen molar-refractivity contribution in [3.8, 4) is 0 Å².